The van der Waals surface area contributed by atoms with Gasteiger partial charge in [-0.3, -0.25) is 19.0 Å². The molecule has 34 heavy (non-hydrogen) atoms. The van der Waals surface area contributed by atoms with Gasteiger partial charge in [0.1, 0.15) is 18.2 Å². The second kappa shape index (κ2) is 9.14. The molecule has 0 aliphatic carbocycles. The van der Waals surface area contributed by atoms with Crippen molar-refractivity contribution in [2.24, 2.45) is 0 Å². The number of H-pyrrole nitrogens is 1. The van der Waals surface area contributed by atoms with Crippen LogP contribution in [-0.2, 0) is 22.6 Å². The number of hydrogen-bond acceptors (Lipinski definition) is 6. The van der Waals surface area contributed by atoms with Crippen molar-refractivity contribution in [1.29, 1.82) is 0 Å². The first kappa shape index (κ1) is 21.9. The third-order valence-electron chi connectivity index (χ3n) is 5.89. The molecule has 0 spiro atoms. The van der Waals surface area contributed by atoms with Crippen LogP contribution in [0.1, 0.15) is 18.7 Å². The average molecular weight is 463 g/mol. The first-order valence-electron chi connectivity index (χ1n) is 11.0. The lowest BCUT2D eigenvalue weighted by Crippen LogP contribution is -2.41. The number of halogens is 1. The van der Waals surface area contributed by atoms with Crippen LogP contribution in [0.3, 0.4) is 0 Å². The normalized spacial score (nSPS) is 15.7. The van der Waals surface area contributed by atoms with E-state index in [9.17, 15) is 18.8 Å². The van der Waals surface area contributed by atoms with Gasteiger partial charge in [-0.2, -0.15) is 0 Å². The highest BCUT2D eigenvalue weighted by molar-refractivity contribution is 5.79. The van der Waals surface area contributed by atoms with E-state index >= 15 is 0 Å². The number of fused-ring (bicyclic) bond motifs is 2. The molecule has 9 nitrogen and oxygen atoms in total. The maximum Gasteiger partial charge on any atom is 0.261 e. The van der Waals surface area contributed by atoms with Crippen LogP contribution < -0.4 is 11.1 Å². The van der Waals surface area contributed by atoms with Crippen LogP contribution in [0.5, 0.6) is 0 Å². The fourth-order valence-electron chi connectivity index (χ4n) is 4.17. The van der Waals surface area contributed by atoms with Gasteiger partial charge in [-0.1, -0.05) is 12.1 Å². The van der Waals surface area contributed by atoms with Crippen molar-refractivity contribution in [2.45, 2.75) is 32.0 Å². The van der Waals surface area contributed by atoms with Crippen molar-refractivity contribution in [3.05, 3.63) is 81.1 Å². The van der Waals surface area contributed by atoms with Crippen molar-refractivity contribution in [1.82, 2.24) is 24.4 Å². The molecular formula is C24H22FN5O4. The minimum Gasteiger partial charge on any atom is -0.376 e. The van der Waals surface area contributed by atoms with Crippen LogP contribution in [0.15, 0.2) is 58.4 Å². The number of aromatic nitrogens is 4. The van der Waals surface area contributed by atoms with Gasteiger partial charge in [-0.15, -0.1) is 0 Å². The molecule has 1 fully saturated rings. The summed E-state index contributed by atoms with van der Waals surface area (Å²) >= 11 is 0. The Balaban J connectivity index is 1.44. The Morgan fingerprint density at radius 2 is 2.03 bits per heavy atom. The molecule has 174 valence electrons. The Bertz CT molecular complexity index is 1490. The van der Waals surface area contributed by atoms with E-state index in [0.717, 1.165) is 23.5 Å². The average Bonchev–Trinajstić information content (AvgIpc) is 3.34. The van der Waals surface area contributed by atoms with Gasteiger partial charge in [0.05, 0.1) is 40.8 Å². The minimum atomic E-state index is -0.554. The molecule has 4 aromatic rings. The molecule has 0 unspecified atom stereocenters. The summed E-state index contributed by atoms with van der Waals surface area (Å²) in [7, 11) is 0. The summed E-state index contributed by atoms with van der Waals surface area (Å²) in [4.78, 5) is 51.5. The van der Waals surface area contributed by atoms with Crippen LogP contribution in [0.4, 0.5) is 4.39 Å². The first-order chi connectivity index (χ1) is 16.5. The number of nitrogens with one attached hydrogen (secondary N) is 1. The van der Waals surface area contributed by atoms with E-state index in [1.54, 1.807) is 24.3 Å². The Morgan fingerprint density at radius 1 is 1.18 bits per heavy atom. The van der Waals surface area contributed by atoms with Crippen molar-refractivity contribution in [3.8, 4) is 0 Å². The van der Waals surface area contributed by atoms with E-state index in [4.69, 9.17) is 4.74 Å². The molecule has 1 atom stereocenters. The lowest BCUT2D eigenvalue weighted by atomic mass is 10.2. The molecule has 2 aromatic carbocycles. The Kier molecular flexibility index (Phi) is 5.89. The van der Waals surface area contributed by atoms with E-state index in [1.807, 2.05) is 0 Å². The van der Waals surface area contributed by atoms with E-state index < -0.39 is 11.4 Å². The van der Waals surface area contributed by atoms with E-state index in [0.29, 0.717) is 35.4 Å². The van der Waals surface area contributed by atoms with Gasteiger partial charge in [0.2, 0.25) is 5.91 Å². The molecule has 2 aromatic heterocycles. The molecule has 0 radical (unpaired) electrons. The molecule has 10 heteroatoms. The number of rotatable bonds is 6. The monoisotopic (exact) mass is 463 g/mol. The highest BCUT2D eigenvalue weighted by Crippen LogP contribution is 2.16. The van der Waals surface area contributed by atoms with Crippen LogP contribution >= 0.6 is 0 Å². The van der Waals surface area contributed by atoms with Crippen LogP contribution in [0.2, 0.25) is 0 Å². The van der Waals surface area contributed by atoms with Crippen LogP contribution in [0, 0.1) is 5.82 Å². The van der Waals surface area contributed by atoms with E-state index in [1.165, 1.54) is 23.4 Å². The SMILES string of the molecule is O=C(Cn1cnc2ccc(F)cc2c1=O)N(Cc1nc2ccccc2c(=O)[nH]1)C[C@H]1CCCO1. The number of para-hydroxylation sites is 1. The molecule has 1 saturated heterocycles. The number of ether oxygens (including phenoxy) is 1. The zero-order valence-electron chi connectivity index (χ0n) is 18.2. The van der Waals surface area contributed by atoms with Crippen molar-refractivity contribution >= 4 is 27.7 Å². The molecule has 3 heterocycles. The number of carbonyl (C=O) groups is 1. The number of nitrogens with zero attached hydrogens (tertiary/aromatic N) is 4. The van der Waals surface area contributed by atoms with Gasteiger partial charge in [0.25, 0.3) is 11.1 Å². The quantitative estimate of drug-likeness (QED) is 0.468. The maximum atomic E-state index is 13.7. The topological polar surface area (TPSA) is 110 Å². The van der Waals surface area contributed by atoms with Gasteiger partial charge < -0.3 is 14.6 Å². The Labute approximate surface area is 192 Å². The third kappa shape index (κ3) is 4.44. The van der Waals surface area contributed by atoms with Gasteiger partial charge in [0, 0.05) is 13.2 Å². The molecule has 1 aliphatic heterocycles. The summed E-state index contributed by atoms with van der Waals surface area (Å²) in [6.45, 7) is 0.670. The van der Waals surface area contributed by atoms with Gasteiger partial charge in [-0.05, 0) is 43.2 Å². The Morgan fingerprint density at radius 3 is 2.85 bits per heavy atom. The number of hydrogen-bond donors (Lipinski definition) is 1. The fourth-order valence-corrected chi connectivity index (χ4v) is 4.17. The largest absolute Gasteiger partial charge is 0.376 e. The van der Waals surface area contributed by atoms with Gasteiger partial charge >= 0.3 is 0 Å². The second-order valence-corrected chi connectivity index (χ2v) is 8.28. The third-order valence-corrected chi connectivity index (χ3v) is 5.89. The van der Waals surface area contributed by atoms with Crippen molar-refractivity contribution in [2.75, 3.05) is 13.2 Å². The van der Waals surface area contributed by atoms with Gasteiger partial charge in [0.15, 0.2) is 0 Å². The molecular weight excluding hydrogens is 441 g/mol. The zero-order valence-corrected chi connectivity index (χ0v) is 18.2. The number of amides is 1. The number of carbonyl (C=O) groups excluding carboxylic acids is 1. The van der Waals surface area contributed by atoms with E-state index in [2.05, 4.69) is 15.0 Å². The smallest absolute Gasteiger partial charge is 0.261 e. The highest BCUT2D eigenvalue weighted by Gasteiger charge is 2.24. The summed E-state index contributed by atoms with van der Waals surface area (Å²) in [6.07, 6.45) is 2.84. The summed E-state index contributed by atoms with van der Waals surface area (Å²) in [5, 5.41) is 0.561. The van der Waals surface area contributed by atoms with E-state index in [-0.39, 0.29) is 36.0 Å². The molecule has 1 amide bonds. The highest BCUT2D eigenvalue weighted by atomic mass is 19.1. The summed E-state index contributed by atoms with van der Waals surface area (Å²) in [6, 6.07) is 10.7. The van der Waals surface area contributed by atoms with Crippen LogP contribution in [-0.4, -0.2) is 49.6 Å². The standard InChI is InChI=1S/C24H22FN5O4/c25-15-7-8-19-18(10-15)24(33)30(14-26-19)13-22(31)29(11-16-4-3-9-34-16)12-21-27-20-6-2-1-5-17(20)23(32)28-21/h1-2,5-8,10,14,16H,3-4,9,11-13H2,(H,27,28,32)/t16-/m1/s1. The number of benzene rings is 2. The predicted molar refractivity (Wildman–Crippen MR) is 123 cm³/mol. The molecule has 1 aliphatic rings. The van der Waals surface area contributed by atoms with Crippen LogP contribution in [0.25, 0.3) is 21.8 Å². The maximum absolute atomic E-state index is 13.7. The molecule has 5 rings (SSSR count). The molecule has 0 bridgehead atoms. The first-order valence-corrected chi connectivity index (χ1v) is 11.0. The molecule has 1 N–H and O–H groups in total. The second-order valence-electron chi connectivity index (χ2n) is 8.28. The summed E-state index contributed by atoms with van der Waals surface area (Å²) < 4.78 is 20.5. The predicted octanol–water partition coefficient (Wildman–Crippen LogP) is 1.98. The fraction of sp³-hybridized carbons (Fsp3) is 0.292. The minimum absolute atomic E-state index is 0.0448. The zero-order chi connectivity index (χ0) is 23.7. The van der Waals surface area contributed by atoms with Gasteiger partial charge in [-0.25, -0.2) is 14.4 Å². The lowest BCUT2D eigenvalue weighted by molar-refractivity contribution is -0.134. The summed E-state index contributed by atoms with van der Waals surface area (Å²) in [5.74, 6) is -0.589. The van der Waals surface area contributed by atoms with Crippen molar-refractivity contribution < 1.29 is 13.9 Å². The number of aromatic amines is 1. The lowest BCUT2D eigenvalue weighted by Gasteiger charge is -2.25. The molecule has 0 saturated carbocycles. The Hall–Kier alpha value is -3.92. The summed E-state index contributed by atoms with van der Waals surface area (Å²) in [5.41, 5.74) is 0.0845. The van der Waals surface area contributed by atoms with Crippen molar-refractivity contribution in [3.63, 3.8) is 0 Å².